The summed E-state index contributed by atoms with van der Waals surface area (Å²) in [6.45, 7) is 5.04. The Bertz CT molecular complexity index is 747. The van der Waals surface area contributed by atoms with Crippen LogP contribution in [0.4, 0.5) is 8.78 Å². The van der Waals surface area contributed by atoms with E-state index >= 15 is 0 Å². The van der Waals surface area contributed by atoms with Gasteiger partial charge in [-0.05, 0) is 80.8 Å². The van der Waals surface area contributed by atoms with Crippen molar-refractivity contribution in [3.63, 3.8) is 0 Å². The fourth-order valence-corrected chi connectivity index (χ4v) is 6.10. The van der Waals surface area contributed by atoms with Crippen LogP contribution in [0.25, 0.3) is 0 Å². The highest BCUT2D eigenvalue weighted by Gasteiger charge is 2.30. The van der Waals surface area contributed by atoms with Crippen LogP contribution in [0.3, 0.4) is 0 Å². The molecule has 0 aromatic heterocycles. The number of ether oxygens (including phenoxy) is 2. The average Bonchev–Trinajstić information content (AvgIpc) is 2.89. The molecule has 0 heterocycles. The van der Waals surface area contributed by atoms with E-state index in [0.29, 0.717) is 12.5 Å². The molecule has 0 amide bonds. The first kappa shape index (κ1) is 28.0. The minimum Gasteiger partial charge on any atom is -0.490 e. The molecule has 0 N–H and O–H groups in total. The van der Waals surface area contributed by atoms with Crippen LogP contribution >= 0.6 is 0 Å². The number of hydrogen-bond donors (Lipinski definition) is 0. The van der Waals surface area contributed by atoms with Gasteiger partial charge in [-0.15, -0.1) is 0 Å². The molecule has 0 radical (unpaired) electrons. The van der Waals surface area contributed by atoms with Crippen molar-refractivity contribution in [2.45, 2.75) is 110 Å². The van der Waals surface area contributed by atoms with E-state index in [1.165, 1.54) is 89.2 Å². The molecule has 198 valence electrons. The van der Waals surface area contributed by atoms with Crippen molar-refractivity contribution in [1.82, 2.24) is 0 Å². The summed E-state index contributed by atoms with van der Waals surface area (Å²) in [6, 6.07) is 2.93. The van der Waals surface area contributed by atoms with Crippen molar-refractivity contribution >= 4 is 0 Å². The first-order valence-corrected chi connectivity index (χ1v) is 14.5. The Kier molecular flexibility index (Phi) is 12.4. The van der Waals surface area contributed by atoms with Crippen molar-refractivity contribution < 1.29 is 18.3 Å². The summed E-state index contributed by atoms with van der Waals surface area (Å²) in [6.07, 6.45) is 23.6. The molecular weight excluding hydrogens is 442 g/mol. The maximum atomic E-state index is 14.3. The SMILES string of the molecule is CCCCCOc1ccc(OC/C=C/C2CCC([C@H]3CC[C@H](CCCCC)CC3)CC2)c(F)c1F. The molecule has 2 saturated carbocycles. The zero-order valence-corrected chi connectivity index (χ0v) is 22.2. The van der Waals surface area contributed by atoms with Gasteiger partial charge in [0.2, 0.25) is 11.6 Å². The van der Waals surface area contributed by atoms with E-state index in [0.717, 1.165) is 37.0 Å². The van der Waals surface area contributed by atoms with Gasteiger partial charge in [0.1, 0.15) is 6.61 Å². The number of allylic oxidation sites excluding steroid dienone is 1. The topological polar surface area (TPSA) is 18.5 Å². The predicted octanol–water partition coefficient (Wildman–Crippen LogP) is 9.66. The van der Waals surface area contributed by atoms with Gasteiger partial charge in [0.15, 0.2) is 11.5 Å². The van der Waals surface area contributed by atoms with Crippen LogP contribution in [0.15, 0.2) is 24.3 Å². The van der Waals surface area contributed by atoms with Gasteiger partial charge in [0, 0.05) is 0 Å². The molecule has 1 aromatic carbocycles. The molecule has 4 heteroatoms. The van der Waals surface area contributed by atoms with Crippen molar-refractivity contribution in [2.75, 3.05) is 13.2 Å². The van der Waals surface area contributed by atoms with E-state index in [-0.39, 0.29) is 18.1 Å². The van der Waals surface area contributed by atoms with Crippen molar-refractivity contribution in [2.24, 2.45) is 23.7 Å². The second kappa shape index (κ2) is 15.5. The summed E-state index contributed by atoms with van der Waals surface area (Å²) in [5, 5.41) is 0. The van der Waals surface area contributed by atoms with E-state index in [2.05, 4.69) is 19.9 Å². The molecule has 0 aliphatic heterocycles. The minimum atomic E-state index is -0.966. The standard InChI is InChI=1S/C31H48F2O2/c1-3-5-7-10-24-12-16-26(17-13-24)27-18-14-25(15-19-27)11-9-23-35-29-21-20-28(30(32)31(29)33)34-22-8-6-4-2/h9,11,20-21,24-27H,3-8,10,12-19,22-23H2,1-2H3/b11-9+/t24-,25?,26-,27?. The van der Waals surface area contributed by atoms with E-state index in [1.54, 1.807) is 0 Å². The van der Waals surface area contributed by atoms with E-state index in [9.17, 15) is 8.78 Å². The minimum absolute atomic E-state index is 0.0387. The molecule has 0 bridgehead atoms. The molecule has 2 aliphatic carbocycles. The van der Waals surface area contributed by atoms with Crippen LogP contribution in [-0.2, 0) is 0 Å². The Labute approximate surface area is 212 Å². The molecule has 2 nitrogen and oxygen atoms in total. The Morgan fingerprint density at radius 2 is 1.31 bits per heavy atom. The van der Waals surface area contributed by atoms with Gasteiger partial charge in [0.25, 0.3) is 0 Å². The molecular formula is C31H48F2O2. The summed E-state index contributed by atoms with van der Waals surface area (Å²) in [7, 11) is 0. The molecule has 0 atom stereocenters. The van der Waals surface area contributed by atoms with Crippen LogP contribution in [0.5, 0.6) is 11.5 Å². The van der Waals surface area contributed by atoms with Gasteiger partial charge < -0.3 is 9.47 Å². The molecule has 1 aromatic rings. The largest absolute Gasteiger partial charge is 0.490 e. The monoisotopic (exact) mass is 490 g/mol. The van der Waals surface area contributed by atoms with Crippen LogP contribution in [0.2, 0.25) is 0 Å². The molecule has 0 saturated heterocycles. The number of rotatable bonds is 14. The van der Waals surface area contributed by atoms with Crippen molar-refractivity contribution in [1.29, 1.82) is 0 Å². The summed E-state index contributed by atoms with van der Waals surface area (Å²) in [5.41, 5.74) is 0. The fourth-order valence-electron chi connectivity index (χ4n) is 6.10. The first-order valence-electron chi connectivity index (χ1n) is 14.5. The Morgan fingerprint density at radius 3 is 1.94 bits per heavy atom. The van der Waals surface area contributed by atoms with Gasteiger partial charge >= 0.3 is 0 Å². The Hall–Kier alpha value is -1.58. The Balaban J connectivity index is 1.33. The van der Waals surface area contributed by atoms with Gasteiger partial charge in [-0.2, -0.15) is 8.78 Å². The lowest BCUT2D eigenvalue weighted by molar-refractivity contribution is 0.151. The lowest BCUT2D eigenvalue weighted by Gasteiger charge is -2.37. The van der Waals surface area contributed by atoms with Gasteiger partial charge in [-0.25, -0.2) is 0 Å². The molecule has 0 unspecified atom stereocenters. The third-order valence-electron chi connectivity index (χ3n) is 8.35. The third-order valence-corrected chi connectivity index (χ3v) is 8.35. The van der Waals surface area contributed by atoms with E-state index in [1.807, 2.05) is 6.08 Å². The second-order valence-corrected chi connectivity index (χ2v) is 10.9. The molecule has 3 rings (SSSR count). The summed E-state index contributed by atoms with van der Waals surface area (Å²) >= 11 is 0. The molecule has 35 heavy (non-hydrogen) atoms. The highest BCUT2D eigenvalue weighted by Crippen LogP contribution is 2.42. The number of benzene rings is 1. The predicted molar refractivity (Wildman–Crippen MR) is 141 cm³/mol. The molecule has 2 aliphatic rings. The number of hydrogen-bond acceptors (Lipinski definition) is 2. The zero-order chi connectivity index (χ0) is 24.9. The smallest absolute Gasteiger partial charge is 0.204 e. The summed E-state index contributed by atoms with van der Waals surface area (Å²) < 4.78 is 39.5. The number of unbranched alkanes of at least 4 members (excludes halogenated alkanes) is 4. The average molecular weight is 491 g/mol. The summed E-state index contributed by atoms with van der Waals surface area (Å²) in [5.74, 6) is 1.41. The first-order chi connectivity index (χ1) is 17.1. The quantitative estimate of drug-likeness (QED) is 0.191. The summed E-state index contributed by atoms with van der Waals surface area (Å²) in [4.78, 5) is 0. The lowest BCUT2D eigenvalue weighted by Crippen LogP contribution is -2.25. The lowest BCUT2D eigenvalue weighted by atomic mass is 9.68. The van der Waals surface area contributed by atoms with E-state index in [4.69, 9.17) is 9.47 Å². The normalized spacial score (nSPS) is 25.1. The van der Waals surface area contributed by atoms with Crippen LogP contribution < -0.4 is 9.47 Å². The zero-order valence-electron chi connectivity index (χ0n) is 22.2. The molecule has 0 spiro atoms. The second-order valence-electron chi connectivity index (χ2n) is 10.9. The highest BCUT2D eigenvalue weighted by molar-refractivity contribution is 5.35. The third kappa shape index (κ3) is 9.10. The number of halogens is 2. The van der Waals surface area contributed by atoms with E-state index < -0.39 is 11.6 Å². The maximum Gasteiger partial charge on any atom is 0.204 e. The van der Waals surface area contributed by atoms with Gasteiger partial charge in [-0.1, -0.05) is 77.4 Å². The molecule has 2 fully saturated rings. The van der Waals surface area contributed by atoms with Crippen LogP contribution in [0.1, 0.15) is 110 Å². The highest BCUT2D eigenvalue weighted by atomic mass is 19.2. The van der Waals surface area contributed by atoms with Gasteiger partial charge in [-0.3, -0.25) is 0 Å². The van der Waals surface area contributed by atoms with Crippen molar-refractivity contribution in [3.05, 3.63) is 35.9 Å². The fraction of sp³-hybridized carbons (Fsp3) is 0.742. The Morgan fingerprint density at radius 1 is 0.743 bits per heavy atom. The van der Waals surface area contributed by atoms with Crippen LogP contribution in [-0.4, -0.2) is 13.2 Å². The van der Waals surface area contributed by atoms with Crippen LogP contribution in [0, 0.1) is 35.3 Å². The van der Waals surface area contributed by atoms with Crippen molar-refractivity contribution in [3.8, 4) is 11.5 Å². The maximum absolute atomic E-state index is 14.3. The van der Waals surface area contributed by atoms with Gasteiger partial charge in [0.05, 0.1) is 6.61 Å².